The van der Waals surface area contributed by atoms with Gasteiger partial charge in [-0.25, -0.2) is 9.59 Å². The highest BCUT2D eigenvalue weighted by molar-refractivity contribution is 5.99. The van der Waals surface area contributed by atoms with Gasteiger partial charge in [0, 0.05) is 23.5 Å². The monoisotopic (exact) mass is 407 g/mol. The first-order valence-corrected chi connectivity index (χ1v) is 8.73. The number of hydrogen-bond acceptors (Lipinski definition) is 6. The van der Waals surface area contributed by atoms with E-state index in [2.05, 4.69) is 15.4 Å². The van der Waals surface area contributed by atoms with Crippen LogP contribution in [-0.2, 0) is 4.74 Å². The minimum Gasteiger partial charge on any atom is -0.465 e. The van der Waals surface area contributed by atoms with E-state index in [1.165, 1.54) is 25.3 Å². The Kier molecular flexibility index (Phi) is 6.23. The SMILES string of the molecule is COC(=O)c1cccc(Oc2ccc(NC(=O)Nc3cccc([N+](=O)[O-])c3)cc2)c1. The maximum absolute atomic E-state index is 12.1. The van der Waals surface area contributed by atoms with Gasteiger partial charge in [-0.15, -0.1) is 0 Å². The number of esters is 1. The van der Waals surface area contributed by atoms with Crippen molar-refractivity contribution in [1.29, 1.82) is 0 Å². The van der Waals surface area contributed by atoms with Crippen LogP contribution in [0.3, 0.4) is 0 Å². The number of nitro groups is 1. The van der Waals surface area contributed by atoms with Crippen molar-refractivity contribution in [2.24, 2.45) is 0 Å². The largest absolute Gasteiger partial charge is 0.465 e. The van der Waals surface area contributed by atoms with E-state index < -0.39 is 16.9 Å². The van der Waals surface area contributed by atoms with Crippen molar-refractivity contribution in [3.63, 3.8) is 0 Å². The molecular weight excluding hydrogens is 390 g/mol. The lowest BCUT2D eigenvalue weighted by atomic mass is 10.2. The molecule has 0 aromatic heterocycles. The quantitative estimate of drug-likeness (QED) is 0.343. The summed E-state index contributed by atoms with van der Waals surface area (Å²) in [6.07, 6.45) is 0. The second-order valence-electron chi connectivity index (χ2n) is 6.03. The van der Waals surface area contributed by atoms with Gasteiger partial charge >= 0.3 is 12.0 Å². The van der Waals surface area contributed by atoms with Gasteiger partial charge in [0.2, 0.25) is 0 Å². The normalized spacial score (nSPS) is 10.0. The smallest absolute Gasteiger partial charge is 0.337 e. The number of carbonyl (C=O) groups is 2. The van der Waals surface area contributed by atoms with E-state index in [1.807, 2.05) is 0 Å². The van der Waals surface area contributed by atoms with Crippen molar-refractivity contribution in [3.05, 3.63) is 88.5 Å². The molecule has 3 rings (SSSR count). The summed E-state index contributed by atoms with van der Waals surface area (Å²) in [5, 5.41) is 16.0. The molecule has 9 heteroatoms. The molecule has 0 radical (unpaired) electrons. The number of carbonyl (C=O) groups excluding carboxylic acids is 2. The maximum atomic E-state index is 12.1. The van der Waals surface area contributed by atoms with Crippen LogP contribution in [0.15, 0.2) is 72.8 Å². The molecule has 0 fully saturated rings. The molecule has 0 aliphatic heterocycles. The molecule has 0 saturated heterocycles. The number of anilines is 2. The molecule has 0 saturated carbocycles. The number of nitro benzene ring substituents is 1. The van der Waals surface area contributed by atoms with Crippen LogP contribution in [0.5, 0.6) is 11.5 Å². The summed E-state index contributed by atoms with van der Waals surface area (Å²) in [5.74, 6) is 0.499. The van der Waals surface area contributed by atoms with E-state index >= 15 is 0 Å². The lowest BCUT2D eigenvalue weighted by Crippen LogP contribution is -2.19. The lowest BCUT2D eigenvalue weighted by Gasteiger charge is -2.10. The molecule has 0 spiro atoms. The first-order valence-electron chi connectivity index (χ1n) is 8.73. The molecule has 0 atom stereocenters. The fourth-order valence-electron chi connectivity index (χ4n) is 2.54. The average Bonchev–Trinajstić information content (AvgIpc) is 2.75. The van der Waals surface area contributed by atoms with Crippen LogP contribution in [0.4, 0.5) is 21.9 Å². The minimum atomic E-state index is -0.546. The van der Waals surface area contributed by atoms with Gasteiger partial charge in [-0.05, 0) is 48.5 Å². The number of hydrogen-bond donors (Lipinski definition) is 2. The predicted molar refractivity (Wildman–Crippen MR) is 110 cm³/mol. The van der Waals surface area contributed by atoms with E-state index in [0.29, 0.717) is 28.4 Å². The zero-order valence-corrected chi connectivity index (χ0v) is 15.8. The van der Waals surface area contributed by atoms with Gasteiger partial charge in [-0.2, -0.15) is 0 Å². The molecule has 152 valence electrons. The summed E-state index contributed by atoms with van der Waals surface area (Å²) in [5.41, 5.74) is 1.04. The molecule has 3 aromatic rings. The van der Waals surface area contributed by atoms with Gasteiger partial charge in [0.15, 0.2) is 0 Å². The number of non-ortho nitro benzene ring substituents is 1. The van der Waals surface area contributed by atoms with Crippen LogP contribution in [-0.4, -0.2) is 24.0 Å². The third-order valence-electron chi connectivity index (χ3n) is 3.92. The Morgan fingerprint density at radius 2 is 1.57 bits per heavy atom. The first kappa shape index (κ1) is 20.3. The number of benzene rings is 3. The second kappa shape index (κ2) is 9.20. The molecule has 2 amide bonds. The Morgan fingerprint density at radius 1 is 0.867 bits per heavy atom. The fraction of sp³-hybridized carbons (Fsp3) is 0.0476. The average molecular weight is 407 g/mol. The Morgan fingerprint density at radius 3 is 2.27 bits per heavy atom. The summed E-state index contributed by atoms with van der Waals surface area (Å²) in [6, 6.07) is 18.2. The van der Waals surface area contributed by atoms with Crippen molar-refractivity contribution in [2.75, 3.05) is 17.7 Å². The number of rotatable bonds is 6. The van der Waals surface area contributed by atoms with E-state index in [-0.39, 0.29) is 5.69 Å². The second-order valence-corrected chi connectivity index (χ2v) is 6.03. The molecule has 0 aliphatic carbocycles. The third kappa shape index (κ3) is 5.32. The van der Waals surface area contributed by atoms with Crippen molar-refractivity contribution < 1.29 is 24.0 Å². The molecule has 30 heavy (non-hydrogen) atoms. The third-order valence-corrected chi connectivity index (χ3v) is 3.92. The summed E-state index contributed by atoms with van der Waals surface area (Å²) in [7, 11) is 1.30. The topological polar surface area (TPSA) is 120 Å². The van der Waals surface area contributed by atoms with E-state index in [1.54, 1.807) is 54.6 Å². The van der Waals surface area contributed by atoms with E-state index in [0.717, 1.165) is 0 Å². The van der Waals surface area contributed by atoms with Crippen LogP contribution in [0.1, 0.15) is 10.4 Å². The molecule has 0 unspecified atom stereocenters. The summed E-state index contributed by atoms with van der Waals surface area (Å²) < 4.78 is 10.4. The minimum absolute atomic E-state index is 0.120. The summed E-state index contributed by atoms with van der Waals surface area (Å²) in [6.45, 7) is 0. The molecule has 0 heterocycles. The van der Waals surface area contributed by atoms with Gasteiger partial charge in [0.05, 0.1) is 17.6 Å². The highest BCUT2D eigenvalue weighted by Crippen LogP contribution is 2.24. The van der Waals surface area contributed by atoms with Crippen molar-refractivity contribution in [2.45, 2.75) is 0 Å². The van der Waals surface area contributed by atoms with Crippen LogP contribution in [0.25, 0.3) is 0 Å². The number of methoxy groups -OCH3 is 1. The van der Waals surface area contributed by atoms with E-state index in [9.17, 15) is 19.7 Å². The van der Waals surface area contributed by atoms with Crippen LogP contribution in [0.2, 0.25) is 0 Å². The lowest BCUT2D eigenvalue weighted by molar-refractivity contribution is -0.384. The number of nitrogens with zero attached hydrogens (tertiary/aromatic N) is 1. The fourth-order valence-corrected chi connectivity index (χ4v) is 2.54. The van der Waals surface area contributed by atoms with Gasteiger partial charge in [-0.1, -0.05) is 12.1 Å². The maximum Gasteiger partial charge on any atom is 0.337 e. The van der Waals surface area contributed by atoms with Gasteiger partial charge in [-0.3, -0.25) is 10.1 Å². The van der Waals surface area contributed by atoms with Gasteiger partial charge in [0.25, 0.3) is 5.69 Å². The van der Waals surface area contributed by atoms with Crippen LogP contribution < -0.4 is 15.4 Å². The molecule has 9 nitrogen and oxygen atoms in total. The Balaban J connectivity index is 1.60. The zero-order chi connectivity index (χ0) is 21.5. The molecule has 0 aliphatic rings. The number of urea groups is 1. The van der Waals surface area contributed by atoms with Gasteiger partial charge < -0.3 is 20.1 Å². The summed E-state index contributed by atoms with van der Waals surface area (Å²) >= 11 is 0. The predicted octanol–water partition coefficient (Wildman–Crippen LogP) is 4.82. The van der Waals surface area contributed by atoms with Crippen molar-refractivity contribution in [3.8, 4) is 11.5 Å². The molecule has 3 aromatic carbocycles. The zero-order valence-electron chi connectivity index (χ0n) is 15.8. The Labute approximate surface area is 171 Å². The Hall–Kier alpha value is -4.40. The standard InChI is InChI=1S/C21H17N3O6/c1-29-20(25)14-4-2-7-19(12-14)30-18-10-8-15(9-11-18)22-21(26)23-16-5-3-6-17(13-16)24(27)28/h2-13H,1H3,(H2,22,23,26). The molecular formula is C21H17N3O6. The van der Waals surface area contributed by atoms with Crippen molar-refractivity contribution >= 4 is 29.1 Å². The number of ether oxygens (including phenoxy) is 2. The van der Waals surface area contributed by atoms with Gasteiger partial charge in [0.1, 0.15) is 11.5 Å². The number of nitrogens with one attached hydrogen (secondary N) is 2. The van der Waals surface area contributed by atoms with Crippen LogP contribution >= 0.6 is 0 Å². The Bertz CT molecular complexity index is 1080. The number of amides is 2. The van der Waals surface area contributed by atoms with E-state index in [4.69, 9.17) is 4.74 Å². The highest BCUT2D eigenvalue weighted by atomic mass is 16.6. The van der Waals surface area contributed by atoms with Crippen molar-refractivity contribution in [1.82, 2.24) is 0 Å². The first-order chi connectivity index (χ1) is 14.4. The highest BCUT2D eigenvalue weighted by Gasteiger charge is 2.09. The molecule has 0 bridgehead atoms. The summed E-state index contributed by atoms with van der Waals surface area (Å²) in [4.78, 5) is 34.0. The molecule has 2 N–H and O–H groups in total. The van der Waals surface area contributed by atoms with Crippen LogP contribution in [0, 0.1) is 10.1 Å².